The van der Waals surface area contributed by atoms with E-state index in [4.69, 9.17) is 9.15 Å². The van der Waals surface area contributed by atoms with Crippen LogP contribution in [0.25, 0.3) is 0 Å². The molecule has 156 valence electrons. The zero-order valence-electron chi connectivity index (χ0n) is 16.3. The van der Waals surface area contributed by atoms with E-state index in [1.165, 1.54) is 23.5 Å². The van der Waals surface area contributed by atoms with Crippen molar-refractivity contribution < 1.29 is 27.2 Å². The fraction of sp³-hybridized carbons (Fsp3) is 0.400. The zero-order chi connectivity index (χ0) is 21.0. The number of nitrogens with zero attached hydrogens (tertiary/aromatic N) is 1. The molecular weight excluding hydrogens is 396 g/mol. The van der Waals surface area contributed by atoms with E-state index >= 15 is 0 Å². The van der Waals surface area contributed by atoms with E-state index in [-0.39, 0.29) is 41.4 Å². The Balaban J connectivity index is 1.66. The maximum atomic E-state index is 13.0. The molecule has 0 saturated carbocycles. The standard InChI is InChI=1S/C20H24N2O6S/c1-14(17-7-5-13-28-17)21-19(23)15-9-11-22(12-10-15)29(25,26)18-8-4-3-6-16(18)20(24)27-2/h3-8,13-15H,9-12H2,1-2H3,(H,21,23)/t14-/m0/s1. The van der Waals surface area contributed by atoms with Crippen molar-refractivity contribution in [1.29, 1.82) is 0 Å². The third-order valence-electron chi connectivity index (χ3n) is 5.06. The van der Waals surface area contributed by atoms with Gasteiger partial charge in [0.1, 0.15) is 5.76 Å². The van der Waals surface area contributed by atoms with Crippen LogP contribution in [0.3, 0.4) is 0 Å². The number of sulfonamides is 1. The van der Waals surface area contributed by atoms with Gasteiger partial charge in [0, 0.05) is 19.0 Å². The Labute approximate surface area is 169 Å². The van der Waals surface area contributed by atoms with Gasteiger partial charge in [0.05, 0.1) is 29.9 Å². The second-order valence-corrected chi connectivity index (χ2v) is 8.82. The summed E-state index contributed by atoms with van der Waals surface area (Å²) in [6.07, 6.45) is 2.35. The van der Waals surface area contributed by atoms with Crippen molar-refractivity contribution in [3.8, 4) is 0 Å². The Kier molecular flexibility index (Phi) is 6.39. The Morgan fingerprint density at radius 1 is 1.17 bits per heavy atom. The van der Waals surface area contributed by atoms with Crippen LogP contribution >= 0.6 is 0 Å². The first-order valence-corrected chi connectivity index (χ1v) is 10.8. The van der Waals surface area contributed by atoms with E-state index in [2.05, 4.69) is 5.32 Å². The van der Waals surface area contributed by atoms with Crippen LogP contribution in [0.1, 0.15) is 41.9 Å². The van der Waals surface area contributed by atoms with Crippen LogP contribution in [-0.2, 0) is 19.6 Å². The topological polar surface area (TPSA) is 106 Å². The molecule has 1 aromatic carbocycles. The summed E-state index contributed by atoms with van der Waals surface area (Å²) in [4.78, 5) is 24.4. The fourth-order valence-electron chi connectivity index (χ4n) is 3.41. The van der Waals surface area contributed by atoms with Crippen molar-refractivity contribution in [1.82, 2.24) is 9.62 Å². The largest absolute Gasteiger partial charge is 0.467 e. The highest BCUT2D eigenvalue weighted by atomic mass is 32.2. The fourth-order valence-corrected chi connectivity index (χ4v) is 5.06. The van der Waals surface area contributed by atoms with Crippen LogP contribution in [-0.4, -0.2) is 44.8 Å². The van der Waals surface area contributed by atoms with Crippen molar-refractivity contribution >= 4 is 21.9 Å². The summed E-state index contributed by atoms with van der Waals surface area (Å²) in [5.74, 6) is -0.446. The van der Waals surface area contributed by atoms with Crippen molar-refractivity contribution in [3.63, 3.8) is 0 Å². The average Bonchev–Trinajstić information content (AvgIpc) is 3.28. The smallest absolute Gasteiger partial charge is 0.339 e. The molecule has 1 atom stereocenters. The van der Waals surface area contributed by atoms with E-state index in [1.54, 1.807) is 30.5 Å². The Morgan fingerprint density at radius 3 is 2.48 bits per heavy atom. The minimum Gasteiger partial charge on any atom is -0.467 e. The molecule has 1 saturated heterocycles. The number of rotatable bonds is 6. The maximum absolute atomic E-state index is 13.0. The number of esters is 1. The maximum Gasteiger partial charge on any atom is 0.339 e. The van der Waals surface area contributed by atoms with E-state index in [0.29, 0.717) is 18.6 Å². The van der Waals surface area contributed by atoms with Crippen LogP contribution in [0.2, 0.25) is 0 Å². The number of carbonyl (C=O) groups is 2. The Bertz CT molecular complexity index is 963. The summed E-state index contributed by atoms with van der Waals surface area (Å²) in [6.45, 7) is 2.23. The quantitative estimate of drug-likeness (QED) is 0.719. The number of nitrogens with one attached hydrogen (secondary N) is 1. The predicted molar refractivity (Wildman–Crippen MR) is 105 cm³/mol. The van der Waals surface area contributed by atoms with Gasteiger partial charge >= 0.3 is 5.97 Å². The number of methoxy groups -OCH3 is 1. The molecule has 2 aromatic rings. The number of hydrogen-bond donors (Lipinski definition) is 1. The van der Waals surface area contributed by atoms with Gasteiger partial charge in [-0.05, 0) is 44.0 Å². The zero-order valence-corrected chi connectivity index (χ0v) is 17.1. The molecule has 0 radical (unpaired) electrons. The first kappa shape index (κ1) is 21.1. The molecule has 0 aliphatic carbocycles. The first-order chi connectivity index (χ1) is 13.8. The lowest BCUT2D eigenvalue weighted by Gasteiger charge is -2.31. The summed E-state index contributed by atoms with van der Waals surface area (Å²) < 4.78 is 37.4. The Hall–Kier alpha value is -2.65. The van der Waals surface area contributed by atoms with Gasteiger partial charge in [0.2, 0.25) is 15.9 Å². The molecule has 1 aliphatic rings. The summed E-state index contributed by atoms with van der Waals surface area (Å²) in [5, 5.41) is 2.91. The van der Waals surface area contributed by atoms with Gasteiger partial charge in [-0.3, -0.25) is 4.79 Å². The molecule has 1 N–H and O–H groups in total. The molecule has 0 bridgehead atoms. The van der Waals surface area contributed by atoms with Gasteiger partial charge in [0.25, 0.3) is 0 Å². The summed E-state index contributed by atoms with van der Waals surface area (Å²) in [7, 11) is -2.66. The van der Waals surface area contributed by atoms with Crippen LogP contribution in [0, 0.1) is 5.92 Å². The number of piperidine rings is 1. The summed E-state index contributed by atoms with van der Waals surface area (Å²) >= 11 is 0. The normalized spacial score (nSPS) is 16.9. The lowest BCUT2D eigenvalue weighted by atomic mass is 9.97. The second kappa shape index (κ2) is 8.79. The van der Waals surface area contributed by atoms with E-state index in [0.717, 1.165) is 0 Å². The third kappa shape index (κ3) is 4.51. The van der Waals surface area contributed by atoms with Crippen molar-refractivity contribution in [3.05, 3.63) is 54.0 Å². The molecule has 9 heteroatoms. The molecule has 0 unspecified atom stereocenters. The number of carbonyl (C=O) groups excluding carboxylic acids is 2. The minimum atomic E-state index is -3.87. The molecule has 1 aliphatic heterocycles. The molecule has 2 heterocycles. The van der Waals surface area contributed by atoms with E-state index < -0.39 is 16.0 Å². The SMILES string of the molecule is COC(=O)c1ccccc1S(=O)(=O)N1CCC(C(=O)N[C@@H](C)c2ccco2)CC1. The predicted octanol–water partition coefficient (Wildman–Crippen LogP) is 2.34. The molecule has 0 spiro atoms. The van der Waals surface area contributed by atoms with Crippen LogP contribution in [0.15, 0.2) is 52.0 Å². The van der Waals surface area contributed by atoms with Crippen molar-refractivity contribution in [2.75, 3.05) is 20.2 Å². The molecular formula is C20H24N2O6S. The van der Waals surface area contributed by atoms with Crippen LogP contribution in [0.5, 0.6) is 0 Å². The molecule has 8 nitrogen and oxygen atoms in total. The van der Waals surface area contributed by atoms with Crippen LogP contribution in [0.4, 0.5) is 0 Å². The lowest BCUT2D eigenvalue weighted by molar-refractivity contribution is -0.126. The molecule has 1 fully saturated rings. The van der Waals surface area contributed by atoms with E-state index in [1.807, 2.05) is 6.92 Å². The van der Waals surface area contributed by atoms with Gasteiger partial charge in [-0.25, -0.2) is 13.2 Å². The summed E-state index contributed by atoms with van der Waals surface area (Å²) in [6, 6.07) is 9.26. The van der Waals surface area contributed by atoms with Gasteiger partial charge in [0.15, 0.2) is 0 Å². The first-order valence-electron chi connectivity index (χ1n) is 9.36. The van der Waals surface area contributed by atoms with Gasteiger partial charge in [-0.2, -0.15) is 4.31 Å². The number of amides is 1. The van der Waals surface area contributed by atoms with Crippen molar-refractivity contribution in [2.45, 2.75) is 30.7 Å². The average molecular weight is 420 g/mol. The molecule has 1 amide bonds. The molecule has 29 heavy (non-hydrogen) atoms. The second-order valence-electron chi connectivity index (χ2n) is 6.91. The van der Waals surface area contributed by atoms with Gasteiger partial charge < -0.3 is 14.5 Å². The number of ether oxygens (including phenoxy) is 1. The lowest BCUT2D eigenvalue weighted by Crippen LogP contribution is -2.43. The third-order valence-corrected chi connectivity index (χ3v) is 7.02. The highest BCUT2D eigenvalue weighted by Crippen LogP contribution is 2.27. The molecule has 1 aromatic heterocycles. The van der Waals surface area contributed by atoms with E-state index in [9.17, 15) is 18.0 Å². The monoisotopic (exact) mass is 420 g/mol. The number of hydrogen-bond acceptors (Lipinski definition) is 6. The Morgan fingerprint density at radius 2 is 1.86 bits per heavy atom. The van der Waals surface area contributed by atoms with Gasteiger partial charge in [-0.1, -0.05) is 12.1 Å². The number of benzene rings is 1. The molecule has 3 rings (SSSR count). The minimum absolute atomic E-state index is 0.00198. The van der Waals surface area contributed by atoms with Crippen molar-refractivity contribution in [2.24, 2.45) is 5.92 Å². The summed E-state index contributed by atoms with van der Waals surface area (Å²) in [5.41, 5.74) is 0.00198. The van der Waals surface area contributed by atoms with Gasteiger partial charge in [-0.15, -0.1) is 0 Å². The van der Waals surface area contributed by atoms with Crippen LogP contribution < -0.4 is 5.32 Å². The highest BCUT2D eigenvalue weighted by molar-refractivity contribution is 7.89. The highest BCUT2D eigenvalue weighted by Gasteiger charge is 2.34. The number of furan rings is 1.